The first-order valence-electron chi connectivity index (χ1n) is 16.2. The molecule has 0 aromatic heterocycles. The lowest BCUT2D eigenvalue weighted by molar-refractivity contribution is -0.389. The quantitative estimate of drug-likeness (QED) is 0.0602. The fourth-order valence-electron chi connectivity index (χ4n) is 6.04. The number of rotatable bonds is 17. The molecule has 4 saturated heterocycles. The summed E-state index contributed by atoms with van der Waals surface area (Å²) in [6.45, 7) is -4.49. The third kappa shape index (κ3) is 13.4. The van der Waals surface area contributed by atoms with E-state index in [1.807, 2.05) is 0 Å². The highest BCUT2D eigenvalue weighted by atomic mass is 32.3. The zero-order valence-corrected chi connectivity index (χ0v) is 32.3. The van der Waals surface area contributed by atoms with Gasteiger partial charge in [0.05, 0.1) is 26.4 Å². The van der Waals surface area contributed by atoms with Gasteiger partial charge in [0, 0.05) is 0 Å². The maximum Gasteiger partial charge on any atom is 0.397 e. The molecule has 0 aliphatic carbocycles. The molecule has 19 atom stereocenters. The molecule has 59 heavy (non-hydrogen) atoms. The molecule has 0 spiro atoms. The highest BCUT2D eigenvalue weighted by molar-refractivity contribution is 7.81. The lowest BCUT2D eigenvalue weighted by atomic mass is 9.97. The van der Waals surface area contributed by atoms with Crippen molar-refractivity contribution in [2.24, 2.45) is 0 Å². The van der Waals surface area contributed by atoms with Crippen LogP contribution in [0.15, 0.2) is 0 Å². The Morgan fingerprint density at radius 3 is 1.46 bits per heavy atom. The Bertz CT molecular complexity index is 1830. The fraction of sp³-hybridized carbons (Fsp3) is 1.00. The van der Waals surface area contributed by atoms with Crippen LogP contribution >= 0.6 is 0 Å². The van der Waals surface area contributed by atoms with E-state index >= 15 is 0 Å². The molecule has 13 N–H and O–H groups in total. The summed E-state index contributed by atoms with van der Waals surface area (Å²) in [6.07, 6.45) is -42.4. The van der Waals surface area contributed by atoms with Crippen molar-refractivity contribution in [3.63, 3.8) is 0 Å². The Labute approximate surface area is 331 Å². The maximum atomic E-state index is 11.8. The minimum Gasteiger partial charge on any atom is -0.394 e. The minimum atomic E-state index is -5.92. The van der Waals surface area contributed by atoms with Crippen molar-refractivity contribution in [2.45, 2.75) is 117 Å². The molecule has 4 aliphatic rings. The van der Waals surface area contributed by atoms with Crippen LogP contribution in [-0.2, 0) is 91.5 Å². The highest BCUT2D eigenvalue weighted by Crippen LogP contribution is 2.36. The Morgan fingerprint density at radius 2 is 0.915 bits per heavy atom. The summed E-state index contributed by atoms with van der Waals surface area (Å²) in [6, 6.07) is 0. The molecular weight excluding hydrogens is 916 g/mol. The molecule has 0 unspecified atom stereocenters. The third-order valence-corrected chi connectivity index (χ3v) is 10.4. The van der Waals surface area contributed by atoms with Crippen LogP contribution in [0.3, 0.4) is 0 Å². The van der Waals surface area contributed by atoms with Gasteiger partial charge in [-0.2, -0.15) is 33.7 Å². The first-order chi connectivity index (χ1) is 27.0. The van der Waals surface area contributed by atoms with Gasteiger partial charge in [-0.3, -0.25) is 18.2 Å². The van der Waals surface area contributed by atoms with E-state index in [4.69, 9.17) is 37.7 Å². The number of hydrogen-bond donors (Lipinski definition) is 13. The molecule has 0 aromatic carbocycles. The predicted octanol–water partition coefficient (Wildman–Crippen LogP) is -9.80. The summed E-state index contributed by atoms with van der Waals surface area (Å²) >= 11 is 0. The smallest absolute Gasteiger partial charge is 0.394 e. The van der Waals surface area contributed by atoms with Crippen LogP contribution < -0.4 is 0 Å². The molecule has 4 fully saturated rings. The van der Waals surface area contributed by atoms with Gasteiger partial charge in [-0.25, -0.2) is 16.7 Å². The van der Waals surface area contributed by atoms with Crippen LogP contribution in [0, 0.1) is 0 Å². The largest absolute Gasteiger partial charge is 0.397 e. The van der Waals surface area contributed by atoms with Crippen molar-refractivity contribution >= 4 is 41.6 Å². The Hall–Kier alpha value is -1.16. The summed E-state index contributed by atoms with van der Waals surface area (Å²) in [7, 11) is -23.1. The molecule has 4 heterocycles. The van der Waals surface area contributed by atoms with Gasteiger partial charge in [-0.15, -0.1) is 0 Å². The van der Waals surface area contributed by atoms with Gasteiger partial charge >= 0.3 is 41.6 Å². The lowest BCUT2D eigenvalue weighted by Crippen LogP contribution is -2.67. The second-order valence-corrected chi connectivity index (χ2v) is 17.0. The van der Waals surface area contributed by atoms with Crippen LogP contribution in [0.5, 0.6) is 0 Å². The Balaban J connectivity index is 1.59. The predicted molar refractivity (Wildman–Crippen MR) is 170 cm³/mol. The van der Waals surface area contributed by atoms with Gasteiger partial charge in [0.2, 0.25) is 0 Å². The van der Waals surface area contributed by atoms with Crippen molar-refractivity contribution < 1.29 is 148 Å². The van der Waals surface area contributed by atoms with Crippen LogP contribution in [0.2, 0.25) is 0 Å². The molecule has 4 rings (SSSR count). The Morgan fingerprint density at radius 1 is 0.441 bits per heavy atom. The monoisotopic (exact) mass is 956 g/mol. The topological polar surface area (TPSA) is 501 Å². The molecule has 0 aromatic rings. The van der Waals surface area contributed by atoms with E-state index in [2.05, 4.69) is 16.7 Å². The van der Waals surface area contributed by atoms with Gasteiger partial charge in [0.15, 0.2) is 31.3 Å². The van der Waals surface area contributed by atoms with Gasteiger partial charge in [-0.05, 0) is 0 Å². The standard InChI is InChI=1S/C23H40O32S4/c24-1-6-9(27)10(28)12(30)21(47-6)50-15-5(26)3-45-20(14(15)32)51-16-7(2-25)48-22(13(31)11(16)29)52-23-19(55-59(42,43)44)18(54-58(39,40)41)17(53-57(36,37)38)8(49-23)4-46-56(33,34)35/h5-32H,1-4H2,(H,33,34,35)(H,36,37,38)(H,39,40,41)(H,42,43,44)/t5-,6-,7-,8-,9+,10+,11-,12-,13-,14+,15-,16-,17-,18+,19-,20-,21+,22-,23-/m1/s1. The molecule has 348 valence electrons. The number of hydrogen-bond acceptors (Lipinski definition) is 28. The summed E-state index contributed by atoms with van der Waals surface area (Å²) in [5, 5.41) is 93.5. The summed E-state index contributed by atoms with van der Waals surface area (Å²) in [5.74, 6) is 0. The van der Waals surface area contributed by atoms with Gasteiger partial charge in [0.25, 0.3) is 0 Å². The fourth-order valence-corrected chi connectivity index (χ4v) is 7.84. The lowest BCUT2D eigenvalue weighted by Gasteiger charge is -2.48. The van der Waals surface area contributed by atoms with E-state index in [9.17, 15) is 93.3 Å². The molecule has 0 saturated carbocycles. The molecule has 36 heteroatoms. The minimum absolute atomic E-state index is 0.739. The molecule has 0 radical (unpaired) electrons. The summed E-state index contributed by atoms with van der Waals surface area (Å²) in [5.41, 5.74) is 0. The average Bonchev–Trinajstić information content (AvgIpc) is 3.10. The van der Waals surface area contributed by atoms with Crippen molar-refractivity contribution in [1.29, 1.82) is 0 Å². The van der Waals surface area contributed by atoms with Crippen LogP contribution in [-0.4, -0.2) is 241 Å². The van der Waals surface area contributed by atoms with Crippen molar-refractivity contribution in [1.82, 2.24) is 0 Å². The van der Waals surface area contributed by atoms with E-state index < -0.39 is 185 Å². The molecule has 0 amide bonds. The van der Waals surface area contributed by atoms with E-state index in [0.717, 1.165) is 0 Å². The maximum absolute atomic E-state index is 11.8. The second kappa shape index (κ2) is 19.7. The number of ether oxygens (including phenoxy) is 7. The first-order valence-corrected chi connectivity index (χ1v) is 21.6. The molecule has 0 bridgehead atoms. The highest BCUT2D eigenvalue weighted by Gasteiger charge is 2.57. The molecule has 4 aliphatic heterocycles. The second-order valence-electron chi connectivity index (χ2n) is 12.7. The van der Waals surface area contributed by atoms with Crippen molar-refractivity contribution in [3.8, 4) is 0 Å². The van der Waals surface area contributed by atoms with Crippen molar-refractivity contribution in [3.05, 3.63) is 0 Å². The van der Waals surface area contributed by atoms with Gasteiger partial charge in [0.1, 0.15) is 85.5 Å². The van der Waals surface area contributed by atoms with Gasteiger partial charge < -0.3 is 79.1 Å². The molecule has 32 nitrogen and oxygen atoms in total. The van der Waals surface area contributed by atoms with E-state index in [-0.39, 0.29) is 0 Å². The van der Waals surface area contributed by atoms with Gasteiger partial charge in [-0.1, -0.05) is 0 Å². The average molecular weight is 957 g/mol. The van der Waals surface area contributed by atoms with Crippen LogP contribution in [0.25, 0.3) is 0 Å². The number of aliphatic hydroxyl groups is 9. The van der Waals surface area contributed by atoms with E-state index in [0.29, 0.717) is 0 Å². The third-order valence-electron chi connectivity index (χ3n) is 8.62. The number of aliphatic hydroxyl groups excluding tert-OH is 9. The van der Waals surface area contributed by atoms with Crippen molar-refractivity contribution in [2.75, 3.05) is 26.4 Å². The normalized spacial score (nSPS) is 43.0. The summed E-state index contributed by atoms with van der Waals surface area (Å²) in [4.78, 5) is 0. The van der Waals surface area contributed by atoms with Crippen LogP contribution in [0.4, 0.5) is 0 Å². The zero-order valence-electron chi connectivity index (χ0n) is 29.0. The molecular formula is C23H40O32S4. The van der Waals surface area contributed by atoms with E-state index in [1.54, 1.807) is 0 Å². The zero-order chi connectivity index (χ0) is 44.6. The summed E-state index contributed by atoms with van der Waals surface area (Å²) < 4.78 is 184. The SMILES string of the molecule is O=S(=O)(O)OC[C@H]1O[C@H](O[C@H]2O[C@H](CO)[C@@H](O[C@H]3OC[C@@H](O)[C@@H](O[C@@H]4O[C@H](CO)[C@H](O)[C@H](O)[C@H]4O)[C@@H]3O)[C@H](O)[C@H]2O)[C@H](OS(=O)(=O)O)[C@@H](OS(=O)(=O)O)[C@@H]1OS(=O)(=O)O. The van der Waals surface area contributed by atoms with E-state index in [1.165, 1.54) is 0 Å². The first kappa shape index (κ1) is 50.5. The van der Waals surface area contributed by atoms with Crippen LogP contribution in [0.1, 0.15) is 0 Å². The Kier molecular flexibility index (Phi) is 16.9.